The zero-order valence-corrected chi connectivity index (χ0v) is 2.87. The van der Waals surface area contributed by atoms with Gasteiger partial charge in [-0.1, -0.05) is 0 Å². The van der Waals surface area contributed by atoms with E-state index in [4.69, 9.17) is 6.57 Å². The van der Waals surface area contributed by atoms with Crippen LogP contribution >= 0.6 is 8.52 Å². The van der Waals surface area contributed by atoms with E-state index in [2.05, 4.69) is 9.78 Å². The van der Waals surface area contributed by atoms with E-state index in [0.29, 0.717) is 8.52 Å². The van der Waals surface area contributed by atoms with Crippen molar-refractivity contribution in [3.8, 4) is 0 Å². The largest absolute Gasteiger partial charge is 0.679 e. The van der Waals surface area contributed by atoms with Crippen LogP contribution in [0.15, 0.2) is 0 Å². The van der Waals surface area contributed by atoms with E-state index in [1.807, 2.05) is 0 Å². The van der Waals surface area contributed by atoms with Gasteiger partial charge in [0.15, 0.2) is 0 Å². The average molecular weight is 73.0 g/mol. The summed E-state index contributed by atoms with van der Waals surface area (Å²) in [4.78, 5) is 0. The van der Waals surface area contributed by atoms with Gasteiger partial charge in [0.05, 0.1) is 0 Å². The van der Waals surface area contributed by atoms with Crippen molar-refractivity contribution in [3.05, 3.63) is 11.2 Å². The highest BCUT2D eigenvalue weighted by molar-refractivity contribution is 7.25. The van der Waals surface area contributed by atoms with Crippen LogP contribution in [0.1, 0.15) is 0 Å². The molecule has 0 aromatic rings. The molecule has 0 aliphatic carbocycles. The molecule has 3 heteroatoms. The third kappa shape index (κ3) is 1.59. The fourth-order valence-corrected chi connectivity index (χ4v) is 0. The number of nitrogens with zero attached hydrogens (tertiary/aromatic N) is 1. The summed E-state index contributed by atoms with van der Waals surface area (Å²) in [6, 6.07) is 0. The lowest BCUT2D eigenvalue weighted by Gasteiger charge is -1.22. The maximum Gasteiger partial charge on any atom is 0.679 e. The van der Waals surface area contributed by atoms with Gasteiger partial charge in [-0.25, -0.2) is 6.57 Å². The first kappa shape index (κ1) is 3.59. The van der Waals surface area contributed by atoms with E-state index in [1.165, 1.54) is 0 Å². The van der Waals surface area contributed by atoms with Crippen LogP contribution in [0.4, 0.5) is 0 Å². The topological polar surface area (TPSA) is 29.9 Å². The first-order chi connectivity index (χ1) is 1.91. The van der Waals surface area contributed by atoms with Gasteiger partial charge < -0.3 is 0 Å². The number of hydrogen-bond acceptors (Lipinski definition) is 0. The minimum Gasteiger partial charge on any atom is -0.216 e. The minimum atomic E-state index is 0.290. The van der Waals surface area contributed by atoms with Gasteiger partial charge in [-0.05, 0) is 0 Å². The molecule has 0 aromatic heterocycles. The van der Waals surface area contributed by atoms with Gasteiger partial charge in [0.2, 0.25) is 0 Å². The molecule has 0 rings (SSSR count). The third-order valence-corrected chi connectivity index (χ3v) is 0.173. The van der Waals surface area contributed by atoms with Crippen molar-refractivity contribution in [1.29, 1.82) is 0 Å². The van der Waals surface area contributed by atoms with Crippen molar-refractivity contribution >= 4 is 8.52 Å². The highest BCUT2D eigenvalue weighted by Crippen LogP contribution is 1.77. The molecule has 0 saturated carbocycles. The Morgan fingerprint density at radius 2 is 2.25 bits per heavy atom. The van der Waals surface area contributed by atoms with E-state index < -0.39 is 0 Å². The van der Waals surface area contributed by atoms with Gasteiger partial charge >= 0.3 is 8.52 Å². The molecule has 0 bridgehead atoms. The molecular weight excluding hydrogens is 71.0 g/mol. The third-order valence-electron chi connectivity index (χ3n) is 0.0577. The monoisotopic (exact) mass is 73.0 g/mol. The van der Waals surface area contributed by atoms with Crippen LogP contribution in [-0.4, -0.2) is 0 Å². The summed E-state index contributed by atoms with van der Waals surface area (Å²) >= 11 is 0. The van der Waals surface area contributed by atoms with Crippen molar-refractivity contribution in [3.63, 3.8) is 0 Å². The maximum absolute atomic E-state index is 5.94. The second-order valence-electron chi connectivity index (χ2n) is 0.215. The summed E-state index contributed by atoms with van der Waals surface area (Å²) in [5.74, 6) is 0. The van der Waals surface area contributed by atoms with Gasteiger partial charge in [0.1, 0.15) is 0 Å². The quantitative estimate of drug-likeness (QED) is 0.301. The lowest BCUT2D eigenvalue weighted by molar-refractivity contribution is -0.0746. The number of rotatable bonds is 0. The molecule has 0 spiro atoms. The highest BCUT2D eigenvalue weighted by atomic mass is 31.1. The van der Waals surface area contributed by atoms with Crippen molar-refractivity contribution in [2.75, 3.05) is 0 Å². The van der Waals surface area contributed by atoms with Gasteiger partial charge in [-0.15, -0.1) is 0 Å². The molecule has 0 aliphatic rings. The fourth-order valence-electron chi connectivity index (χ4n) is 0. The van der Waals surface area contributed by atoms with Crippen LogP contribution in [0.2, 0.25) is 0 Å². The molecule has 0 unspecified atom stereocenters. The Labute approximate surface area is 26.0 Å². The fraction of sp³-hybridized carbons (Fsp3) is 0. The molecule has 2 nitrogen and oxygen atoms in total. The predicted molar refractivity (Wildman–Crippen MR) is 15.4 cm³/mol. The summed E-state index contributed by atoms with van der Waals surface area (Å²) in [5.41, 5.74) is 0. The molecule has 0 atom stereocenters. The summed E-state index contributed by atoms with van der Waals surface area (Å²) < 4.78 is 2.74. The van der Waals surface area contributed by atoms with Crippen LogP contribution < -0.4 is 5.16 Å². The summed E-state index contributed by atoms with van der Waals surface area (Å²) in [7, 11) is 0.290. The lowest BCUT2D eigenvalue weighted by Crippen LogP contribution is -2.14. The van der Waals surface area contributed by atoms with Crippen LogP contribution in [0, 0.1) is 6.57 Å². The van der Waals surface area contributed by atoms with E-state index >= 15 is 0 Å². The highest BCUT2D eigenvalue weighted by Gasteiger charge is 1.59. The Morgan fingerprint density at radius 3 is 2.25 bits per heavy atom. The van der Waals surface area contributed by atoms with E-state index in [0.717, 1.165) is 0 Å². The van der Waals surface area contributed by atoms with Crippen LogP contribution in [0.5, 0.6) is 0 Å². The Morgan fingerprint density at radius 1 is 2.00 bits per heavy atom. The second-order valence-corrected chi connectivity index (χ2v) is 0.646. The van der Waals surface area contributed by atoms with Crippen molar-refractivity contribution in [2.45, 2.75) is 0 Å². The number of hydrogen-bond donors (Lipinski definition) is 1. The van der Waals surface area contributed by atoms with E-state index in [1.54, 1.807) is 0 Å². The second kappa shape index (κ2) is 2.59. The van der Waals surface area contributed by atoms with Crippen molar-refractivity contribution in [1.82, 2.24) is 0 Å². The zero-order chi connectivity index (χ0) is 3.41. The van der Waals surface area contributed by atoms with E-state index in [9.17, 15) is 0 Å². The molecule has 0 aromatic carbocycles. The molecule has 20 valence electrons. The lowest BCUT2D eigenvalue weighted by atomic mass is 11.9. The Kier molecular flexibility index (Phi) is 2.32. The molecular formula is CH2N2P+. The minimum absolute atomic E-state index is 0.290. The smallest absolute Gasteiger partial charge is 0.216 e. The molecule has 4 heavy (non-hydrogen) atoms. The molecule has 0 fully saturated rings. The normalized spacial score (nSPS) is 5.75. The first-order valence-electron chi connectivity index (χ1n) is 0.682. The molecule has 0 amide bonds. The Hall–Kier alpha value is -0.410. The standard InChI is InChI=1S/CHN2P/c1-3-4-2/h2H/p+1. The van der Waals surface area contributed by atoms with Gasteiger partial charge in [-0.3, -0.25) is 0 Å². The molecule has 0 radical (unpaired) electrons. The number of nitrogens with two attached hydrogens (primary N) is 1. The van der Waals surface area contributed by atoms with Gasteiger partial charge in [0, 0.05) is 0 Å². The van der Waals surface area contributed by atoms with Gasteiger partial charge in [-0.2, -0.15) is 9.78 Å². The molecule has 2 N–H and O–H groups in total. The average Bonchev–Trinajstić information content (AvgIpc) is 1.37. The SMILES string of the molecule is [C-]#[N+]P=[NH2+]. The van der Waals surface area contributed by atoms with Gasteiger partial charge in [0.25, 0.3) is 0 Å². The zero-order valence-electron chi connectivity index (χ0n) is 1.97. The van der Waals surface area contributed by atoms with Crippen LogP contribution in [0.3, 0.4) is 0 Å². The Bertz CT molecular complexity index is 51.5. The molecule has 0 heterocycles. The summed E-state index contributed by atoms with van der Waals surface area (Å²) in [6.07, 6.45) is 0. The maximum atomic E-state index is 5.94. The predicted octanol–water partition coefficient (Wildman–Crippen LogP) is -0.290. The van der Waals surface area contributed by atoms with Crippen molar-refractivity contribution in [2.24, 2.45) is 0 Å². The van der Waals surface area contributed by atoms with Crippen LogP contribution in [-0.2, 0) is 0 Å². The summed E-state index contributed by atoms with van der Waals surface area (Å²) in [5, 5.41) is 4.65. The molecule has 0 saturated heterocycles. The van der Waals surface area contributed by atoms with Crippen molar-refractivity contribution < 1.29 is 5.16 Å². The molecule has 0 aliphatic heterocycles. The van der Waals surface area contributed by atoms with Crippen LogP contribution in [0.25, 0.3) is 4.62 Å². The summed E-state index contributed by atoms with van der Waals surface area (Å²) in [6.45, 7) is 5.94. The Balaban J connectivity index is 2.92. The van der Waals surface area contributed by atoms with E-state index in [-0.39, 0.29) is 0 Å². The first-order valence-corrected chi connectivity index (χ1v) is 1.60.